The number of piperidine rings is 1. The summed E-state index contributed by atoms with van der Waals surface area (Å²) in [5, 5.41) is 0. The Morgan fingerprint density at radius 1 is 1.32 bits per heavy atom. The van der Waals surface area contributed by atoms with E-state index in [1.165, 1.54) is 18.4 Å². The molecule has 0 aromatic heterocycles. The lowest BCUT2D eigenvalue weighted by molar-refractivity contribution is 0.0990. The van der Waals surface area contributed by atoms with Gasteiger partial charge >= 0.3 is 0 Å². The molecule has 1 aromatic carbocycles. The highest BCUT2D eigenvalue weighted by Crippen LogP contribution is 2.33. The third-order valence-electron chi connectivity index (χ3n) is 4.29. The maximum atomic E-state index is 5.94. The Balaban J connectivity index is 1.73. The number of fused-ring (bicyclic) bond motifs is 1. The fraction of sp³-hybridized carbons (Fsp3) is 0.600. The molecule has 0 spiro atoms. The Hall–Kier alpha value is -1.26. The number of nitrogens with two attached hydrogens (primary N) is 1. The average Bonchev–Trinajstić information content (AvgIpc) is 2.86. The minimum Gasteiger partial charge on any atom is -0.454 e. The Labute approximate surface area is 114 Å². The van der Waals surface area contributed by atoms with Crippen molar-refractivity contribution < 1.29 is 9.47 Å². The van der Waals surface area contributed by atoms with Crippen LogP contribution in [-0.4, -0.2) is 30.8 Å². The average molecular weight is 262 g/mol. The fourth-order valence-electron chi connectivity index (χ4n) is 3.19. The lowest BCUT2D eigenvalue weighted by atomic mass is 9.90. The van der Waals surface area contributed by atoms with Gasteiger partial charge in [-0.05, 0) is 43.0 Å². The van der Waals surface area contributed by atoms with Crippen molar-refractivity contribution in [2.45, 2.75) is 32.4 Å². The predicted molar refractivity (Wildman–Crippen MR) is 74.2 cm³/mol. The van der Waals surface area contributed by atoms with Crippen molar-refractivity contribution in [1.29, 1.82) is 0 Å². The molecule has 3 rings (SSSR count). The second-order valence-electron chi connectivity index (χ2n) is 5.58. The monoisotopic (exact) mass is 262 g/mol. The molecular weight excluding hydrogens is 240 g/mol. The highest BCUT2D eigenvalue weighted by Gasteiger charge is 2.27. The Kier molecular flexibility index (Phi) is 3.62. The van der Waals surface area contributed by atoms with E-state index in [4.69, 9.17) is 15.2 Å². The van der Waals surface area contributed by atoms with E-state index in [9.17, 15) is 0 Å². The Morgan fingerprint density at radius 2 is 2.16 bits per heavy atom. The number of hydrogen-bond donors (Lipinski definition) is 1. The molecular formula is C15H22N2O2. The van der Waals surface area contributed by atoms with Gasteiger partial charge in [0.1, 0.15) is 0 Å². The molecule has 1 fully saturated rings. The zero-order chi connectivity index (χ0) is 13.2. The first-order valence-corrected chi connectivity index (χ1v) is 7.10. The van der Waals surface area contributed by atoms with Crippen LogP contribution in [-0.2, 0) is 6.54 Å². The fourth-order valence-corrected chi connectivity index (χ4v) is 3.19. The molecule has 4 nitrogen and oxygen atoms in total. The zero-order valence-corrected chi connectivity index (χ0v) is 11.5. The first-order chi connectivity index (χ1) is 9.28. The topological polar surface area (TPSA) is 47.7 Å². The molecule has 2 aliphatic rings. The van der Waals surface area contributed by atoms with Gasteiger partial charge in [0.25, 0.3) is 0 Å². The van der Waals surface area contributed by atoms with Crippen molar-refractivity contribution in [2.75, 3.05) is 19.9 Å². The molecule has 4 heteroatoms. The summed E-state index contributed by atoms with van der Waals surface area (Å²) >= 11 is 0. The van der Waals surface area contributed by atoms with E-state index in [0.29, 0.717) is 18.8 Å². The maximum absolute atomic E-state index is 5.94. The second-order valence-corrected chi connectivity index (χ2v) is 5.58. The van der Waals surface area contributed by atoms with Crippen LogP contribution in [0.2, 0.25) is 0 Å². The van der Waals surface area contributed by atoms with Gasteiger partial charge < -0.3 is 15.2 Å². The van der Waals surface area contributed by atoms with Crippen molar-refractivity contribution in [2.24, 2.45) is 11.7 Å². The van der Waals surface area contributed by atoms with E-state index in [0.717, 1.165) is 31.1 Å². The molecule has 2 atom stereocenters. The van der Waals surface area contributed by atoms with Crippen LogP contribution in [0.4, 0.5) is 0 Å². The van der Waals surface area contributed by atoms with E-state index >= 15 is 0 Å². The van der Waals surface area contributed by atoms with Crippen LogP contribution in [0.1, 0.15) is 25.3 Å². The Morgan fingerprint density at radius 3 is 3.00 bits per heavy atom. The van der Waals surface area contributed by atoms with Gasteiger partial charge in [0.2, 0.25) is 6.79 Å². The molecule has 2 aliphatic heterocycles. The third-order valence-corrected chi connectivity index (χ3v) is 4.29. The number of hydrogen-bond acceptors (Lipinski definition) is 4. The van der Waals surface area contributed by atoms with Crippen LogP contribution in [0.3, 0.4) is 0 Å². The molecule has 1 saturated heterocycles. The van der Waals surface area contributed by atoms with Gasteiger partial charge in [0.05, 0.1) is 0 Å². The lowest BCUT2D eigenvalue weighted by Gasteiger charge is -2.39. The van der Waals surface area contributed by atoms with E-state index in [2.05, 4.69) is 24.0 Å². The maximum Gasteiger partial charge on any atom is 0.231 e. The third kappa shape index (κ3) is 2.55. The van der Waals surface area contributed by atoms with E-state index in [1.54, 1.807) is 0 Å². The number of ether oxygens (including phenoxy) is 2. The molecule has 1 aromatic rings. The van der Waals surface area contributed by atoms with Gasteiger partial charge in [-0.2, -0.15) is 0 Å². The summed E-state index contributed by atoms with van der Waals surface area (Å²) in [7, 11) is 0. The molecule has 104 valence electrons. The van der Waals surface area contributed by atoms with Gasteiger partial charge in [0.15, 0.2) is 11.5 Å². The summed E-state index contributed by atoms with van der Waals surface area (Å²) in [6, 6.07) is 6.72. The normalized spacial score (nSPS) is 26.6. The molecule has 2 unspecified atom stereocenters. The van der Waals surface area contributed by atoms with Crippen LogP contribution in [0.5, 0.6) is 11.5 Å². The molecule has 19 heavy (non-hydrogen) atoms. The lowest BCUT2D eigenvalue weighted by Crippen LogP contribution is -2.47. The van der Waals surface area contributed by atoms with Crippen LogP contribution in [0.25, 0.3) is 0 Å². The molecule has 0 aliphatic carbocycles. The van der Waals surface area contributed by atoms with Crippen LogP contribution < -0.4 is 15.2 Å². The number of likely N-dealkylation sites (tertiary alicyclic amines) is 1. The summed E-state index contributed by atoms with van der Waals surface area (Å²) in [4.78, 5) is 2.51. The minimum absolute atomic E-state index is 0.338. The highest BCUT2D eigenvalue weighted by molar-refractivity contribution is 5.44. The molecule has 0 radical (unpaired) electrons. The van der Waals surface area contributed by atoms with Crippen molar-refractivity contribution >= 4 is 0 Å². The largest absolute Gasteiger partial charge is 0.454 e. The number of benzene rings is 1. The smallest absolute Gasteiger partial charge is 0.231 e. The van der Waals surface area contributed by atoms with Crippen molar-refractivity contribution in [1.82, 2.24) is 4.90 Å². The van der Waals surface area contributed by atoms with Gasteiger partial charge in [-0.25, -0.2) is 0 Å². The van der Waals surface area contributed by atoms with Crippen molar-refractivity contribution in [3.05, 3.63) is 23.8 Å². The van der Waals surface area contributed by atoms with Gasteiger partial charge in [-0.1, -0.05) is 13.0 Å². The number of rotatable bonds is 3. The Bertz CT molecular complexity index is 450. The second kappa shape index (κ2) is 5.39. The van der Waals surface area contributed by atoms with Crippen LogP contribution in [0, 0.1) is 5.92 Å². The minimum atomic E-state index is 0.338. The predicted octanol–water partition coefficient (Wildman–Crippen LogP) is 1.97. The molecule has 0 bridgehead atoms. The molecule has 0 amide bonds. The highest BCUT2D eigenvalue weighted by atomic mass is 16.7. The SMILES string of the molecule is CC1CCCN(Cc2ccc3c(c2)OCO3)C1CN. The standard InChI is InChI=1S/C15H22N2O2/c1-11-3-2-6-17(13(11)8-16)9-12-4-5-14-15(7-12)19-10-18-14/h4-5,7,11,13H,2-3,6,8-10,16H2,1H3. The quantitative estimate of drug-likeness (QED) is 0.905. The summed E-state index contributed by atoms with van der Waals surface area (Å²) in [5.41, 5.74) is 7.22. The van der Waals surface area contributed by atoms with E-state index in [1.807, 2.05) is 6.07 Å². The first kappa shape index (κ1) is 12.8. The first-order valence-electron chi connectivity index (χ1n) is 7.10. The molecule has 2 heterocycles. The van der Waals surface area contributed by atoms with Crippen LogP contribution in [0.15, 0.2) is 18.2 Å². The van der Waals surface area contributed by atoms with E-state index < -0.39 is 0 Å². The van der Waals surface area contributed by atoms with Crippen LogP contribution >= 0.6 is 0 Å². The summed E-state index contributed by atoms with van der Waals surface area (Å²) < 4.78 is 10.8. The van der Waals surface area contributed by atoms with Gasteiger partial charge in [-0.15, -0.1) is 0 Å². The van der Waals surface area contributed by atoms with E-state index in [-0.39, 0.29) is 0 Å². The zero-order valence-electron chi connectivity index (χ0n) is 11.5. The van der Waals surface area contributed by atoms with Gasteiger partial charge in [-0.3, -0.25) is 4.90 Å². The summed E-state index contributed by atoms with van der Waals surface area (Å²) in [6.45, 7) is 5.48. The van der Waals surface area contributed by atoms with Gasteiger partial charge in [0, 0.05) is 19.1 Å². The molecule has 0 saturated carbocycles. The number of nitrogens with zero attached hydrogens (tertiary/aromatic N) is 1. The summed E-state index contributed by atoms with van der Waals surface area (Å²) in [5.74, 6) is 2.41. The summed E-state index contributed by atoms with van der Waals surface area (Å²) in [6.07, 6.45) is 2.56. The van der Waals surface area contributed by atoms with Crippen molar-refractivity contribution in [3.63, 3.8) is 0 Å². The van der Waals surface area contributed by atoms with Crippen molar-refractivity contribution in [3.8, 4) is 11.5 Å². The molecule has 2 N–H and O–H groups in total.